The van der Waals surface area contributed by atoms with Gasteiger partial charge in [0.05, 0.1) is 13.2 Å². The first-order valence-electron chi connectivity index (χ1n) is 9.37. The van der Waals surface area contributed by atoms with E-state index < -0.39 is 0 Å². The number of rotatable bonds is 15. The van der Waals surface area contributed by atoms with Gasteiger partial charge in [0.25, 0.3) is 0 Å². The van der Waals surface area contributed by atoms with Gasteiger partial charge in [-0.15, -0.1) is 0 Å². The molecule has 2 N–H and O–H groups in total. The average molecular weight is 330 g/mol. The quantitative estimate of drug-likeness (QED) is 0.275. The molecule has 0 amide bonds. The number of unbranched alkanes of at least 4 members (excludes halogenated alkanes) is 2. The maximum absolute atomic E-state index is 5.46. The van der Waals surface area contributed by atoms with E-state index in [1.54, 1.807) is 7.11 Å². The molecule has 1 atom stereocenters. The molecule has 5 nitrogen and oxygen atoms in total. The summed E-state index contributed by atoms with van der Waals surface area (Å²) in [5.41, 5.74) is 0. The molecule has 0 aliphatic rings. The number of ether oxygens (including phenoxy) is 2. The summed E-state index contributed by atoms with van der Waals surface area (Å²) in [7, 11) is 1.69. The monoisotopic (exact) mass is 329 g/mol. The Morgan fingerprint density at radius 3 is 2.48 bits per heavy atom. The van der Waals surface area contributed by atoms with Gasteiger partial charge in [0.2, 0.25) is 0 Å². The molecular weight excluding hydrogens is 290 g/mol. The normalized spacial score (nSPS) is 13.1. The lowest BCUT2D eigenvalue weighted by molar-refractivity contribution is 0.0689. The number of aliphatic imine (C=N–C) groups is 1. The van der Waals surface area contributed by atoms with Crippen LogP contribution in [-0.2, 0) is 9.47 Å². The van der Waals surface area contributed by atoms with Crippen LogP contribution >= 0.6 is 0 Å². The van der Waals surface area contributed by atoms with Crippen LogP contribution in [0.3, 0.4) is 0 Å². The van der Waals surface area contributed by atoms with Crippen molar-refractivity contribution in [2.75, 3.05) is 46.6 Å². The highest BCUT2D eigenvalue weighted by Crippen LogP contribution is 2.12. The third-order valence-corrected chi connectivity index (χ3v) is 3.83. The number of nitrogens with one attached hydrogen (secondary N) is 2. The lowest BCUT2D eigenvalue weighted by Crippen LogP contribution is -2.38. The fourth-order valence-electron chi connectivity index (χ4n) is 2.26. The van der Waals surface area contributed by atoms with E-state index in [2.05, 4.69) is 31.4 Å². The summed E-state index contributed by atoms with van der Waals surface area (Å²) in [4.78, 5) is 4.74. The Balaban J connectivity index is 3.88. The van der Waals surface area contributed by atoms with Gasteiger partial charge in [0.1, 0.15) is 0 Å². The fraction of sp³-hybridized carbons (Fsp3) is 0.944. The van der Waals surface area contributed by atoms with Crippen LogP contribution < -0.4 is 10.6 Å². The number of guanidine groups is 1. The van der Waals surface area contributed by atoms with Gasteiger partial charge in [-0.25, -0.2) is 0 Å². The summed E-state index contributed by atoms with van der Waals surface area (Å²) in [5.74, 6) is 1.65. The molecule has 0 bridgehead atoms. The van der Waals surface area contributed by atoms with Crippen molar-refractivity contribution in [3.63, 3.8) is 0 Å². The highest BCUT2D eigenvalue weighted by molar-refractivity contribution is 5.79. The fourth-order valence-corrected chi connectivity index (χ4v) is 2.26. The topological polar surface area (TPSA) is 54.9 Å². The van der Waals surface area contributed by atoms with Crippen LogP contribution in [0, 0.1) is 5.92 Å². The van der Waals surface area contributed by atoms with Crippen molar-refractivity contribution in [1.82, 2.24) is 10.6 Å². The van der Waals surface area contributed by atoms with Crippen molar-refractivity contribution in [1.29, 1.82) is 0 Å². The van der Waals surface area contributed by atoms with Crippen LogP contribution in [0.5, 0.6) is 0 Å². The third-order valence-electron chi connectivity index (χ3n) is 3.83. The Morgan fingerprint density at radius 1 is 1.00 bits per heavy atom. The summed E-state index contributed by atoms with van der Waals surface area (Å²) in [5, 5.41) is 6.75. The molecule has 5 heteroatoms. The summed E-state index contributed by atoms with van der Waals surface area (Å²) >= 11 is 0. The molecule has 0 aromatic rings. The van der Waals surface area contributed by atoms with Crippen LogP contribution in [0.4, 0.5) is 0 Å². The molecule has 0 aromatic carbocycles. The van der Waals surface area contributed by atoms with E-state index >= 15 is 0 Å². The van der Waals surface area contributed by atoms with Crippen molar-refractivity contribution in [3.05, 3.63) is 0 Å². The van der Waals surface area contributed by atoms with Gasteiger partial charge in [-0.05, 0) is 32.1 Å². The van der Waals surface area contributed by atoms with Crippen molar-refractivity contribution in [2.24, 2.45) is 10.9 Å². The Morgan fingerprint density at radius 2 is 1.83 bits per heavy atom. The molecule has 0 aromatic heterocycles. The van der Waals surface area contributed by atoms with Crippen molar-refractivity contribution in [3.8, 4) is 0 Å². The van der Waals surface area contributed by atoms with Gasteiger partial charge in [-0.1, -0.05) is 33.1 Å². The molecule has 0 fully saturated rings. The zero-order valence-corrected chi connectivity index (χ0v) is 15.8. The SMILES string of the molecule is CCCCC(CC)CN=C(NCC)NCCCCOCCOC. The summed E-state index contributed by atoms with van der Waals surface area (Å²) in [6.45, 7) is 11.5. The minimum atomic E-state index is 0.673. The molecule has 0 saturated carbocycles. The van der Waals surface area contributed by atoms with E-state index in [1.807, 2.05) is 0 Å². The second-order valence-electron chi connectivity index (χ2n) is 5.88. The second kappa shape index (κ2) is 17.5. The lowest BCUT2D eigenvalue weighted by atomic mass is 10.00. The van der Waals surface area contributed by atoms with Gasteiger partial charge in [0.15, 0.2) is 5.96 Å². The summed E-state index contributed by atoms with van der Waals surface area (Å²) in [6.07, 6.45) is 7.22. The number of hydrogen-bond acceptors (Lipinski definition) is 3. The van der Waals surface area contributed by atoms with Crippen LogP contribution in [0.15, 0.2) is 4.99 Å². The molecule has 0 aliphatic carbocycles. The van der Waals surface area contributed by atoms with Crippen molar-refractivity contribution >= 4 is 5.96 Å². The largest absolute Gasteiger partial charge is 0.382 e. The molecular formula is C18H39N3O2. The van der Waals surface area contributed by atoms with Gasteiger partial charge in [-0.2, -0.15) is 0 Å². The van der Waals surface area contributed by atoms with Gasteiger partial charge >= 0.3 is 0 Å². The molecule has 1 unspecified atom stereocenters. The van der Waals surface area contributed by atoms with Crippen LogP contribution in [0.25, 0.3) is 0 Å². The first-order valence-corrected chi connectivity index (χ1v) is 9.37. The lowest BCUT2D eigenvalue weighted by Gasteiger charge is -2.15. The first-order chi connectivity index (χ1) is 11.3. The molecule has 138 valence electrons. The molecule has 23 heavy (non-hydrogen) atoms. The average Bonchev–Trinajstić information content (AvgIpc) is 2.57. The van der Waals surface area contributed by atoms with E-state index in [0.717, 1.165) is 45.0 Å². The van der Waals surface area contributed by atoms with Crippen molar-refractivity contribution < 1.29 is 9.47 Å². The first kappa shape index (κ1) is 22.2. The Kier molecular flexibility index (Phi) is 16.9. The Hall–Kier alpha value is -0.810. The van der Waals surface area contributed by atoms with E-state index in [0.29, 0.717) is 19.1 Å². The van der Waals surface area contributed by atoms with Gasteiger partial charge < -0.3 is 20.1 Å². The minimum absolute atomic E-state index is 0.673. The Bertz CT molecular complexity index is 273. The maximum Gasteiger partial charge on any atom is 0.191 e. The van der Waals surface area contributed by atoms with E-state index in [4.69, 9.17) is 14.5 Å². The number of methoxy groups -OCH3 is 1. The standard InChI is InChI=1S/C18H39N3O2/c1-5-8-11-17(6-2)16-21-18(19-7-3)20-12-9-10-13-23-15-14-22-4/h17H,5-16H2,1-4H3,(H2,19,20,21). The van der Waals surface area contributed by atoms with Crippen LogP contribution in [0.1, 0.15) is 59.3 Å². The predicted molar refractivity (Wildman–Crippen MR) is 99.2 cm³/mol. The summed E-state index contributed by atoms with van der Waals surface area (Å²) in [6, 6.07) is 0. The molecule has 0 saturated heterocycles. The highest BCUT2D eigenvalue weighted by atomic mass is 16.5. The third kappa shape index (κ3) is 14.5. The van der Waals surface area contributed by atoms with Crippen LogP contribution in [-0.4, -0.2) is 52.5 Å². The van der Waals surface area contributed by atoms with E-state index in [1.165, 1.54) is 25.7 Å². The molecule has 0 rings (SSSR count). The number of nitrogens with zero attached hydrogens (tertiary/aromatic N) is 1. The maximum atomic E-state index is 5.46. The molecule has 0 radical (unpaired) electrons. The Labute approximate surface area is 143 Å². The molecule has 0 heterocycles. The summed E-state index contributed by atoms with van der Waals surface area (Å²) < 4.78 is 10.4. The highest BCUT2D eigenvalue weighted by Gasteiger charge is 2.05. The number of hydrogen-bond donors (Lipinski definition) is 2. The minimum Gasteiger partial charge on any atom is -0.382 e. The zero-order valence-electron chi connectivity index (χ0n) is 15.8. The predicted octanol–water partition coefficient (Wildman–Crippen LogP) is 3.20. The van der Waals surface area contributed by atoms with Crippen molar-refractivity contribution in [2.45, 2.75) is 59.3 Å². The zero-order chi connectivity index (χ0) is 17.2. The molecule has 0 aliphatic heterocycles. The van der Waals surface area contributed by atoms with E-state index in [9.17, 15) is 0 Å². The van der Waals surface area contributed by atoms with Gasteiger partial charge in [-0.3, -0.25) is 4.99 Å². The van der Waals surface area contributed by atoms with E-state index in [-0.39, 0.29) is 0 Å². The van der Waals surface area contributed by atoms with Gasteiger partial charge in [0, 0.05) is 33.4 Å². The second-order valence-corrected chi connectivity index (χ2v) is 5.88. The molecule has 0 spiro atoms. The smallest absolute Gasteiger partial charge is 0.191 e. The van der Waals surface area contributed by atoms with Crippen LogP contribution in [0.2, 0.25) is 0 Å².